The quantitative estimate of drug-likeness (QED) is 0.268. The van der Waals surface area contributed by atoms with E-state index in [1.807, 2.05) is 66.9 Å². The van der Waals surface area contributed by atoms with Gasteiger partial charge in [-0.15, -0.1) is 0 Å². The van der Waals surface area contributed by atoms with Gasteiger partial charge in [0.1, 0.15) is 23.2 Å². The number of rotatable bonds is 5. The largest absolute Gasteiger partial charge is 0.323 e. The van der Waals surface area contributed by atoms with E-state index >= 15 is 0 Å². The number of fused-ring (bicyclic) bond motifs is 2. The highest BCUT2D eigenvalue weighted by molar-refractivity contribution is 5.81. The molecule has 10 nitrogen and oxygen atoms in total. The van der Waals surface area contributed by atoms with Gasteiger partial charge in [0.15, 0.2) is 11.3 Å². The lowest BCUT2D eigenvalue weighted by molar-refractivity contribution is 0.979. The molecule has 0 saturated carbocycles. The van der Waals surface area contributed by atoms with Crippen LogP contribution in [-0.2, 0) is 0 Å². The smallest absolute Gasteiger partial charge is 0.165 e. The molecule has 0 saturated heterocycles. The lowest BCUT2D eigenvalue weighted by Crippen LogP contribution is -2.16. The summed E-state index contributed by atoms with van der Waals surface area (Å²) in [5.41, 5.74) is 6.78. The molecule has 0 aliphatic rings. The standard InChI is InChI=1S/C32H20N10/c33-14-23-12-24(15-38-31(23)40-28-17-35-9-10-36-28)21-7-4-8-22(11-21)27-19-42-29(18-37-27)41-32-26(30(42)34)13-25(16-39-32)20-5-2-1-3-6-20/h1-13,15-19,34H,(H,36,38,40). The lowest BCUT2D eigenvalue weighted by Gasteiger charge is -2.10. The number of nitrogens with zero attached hydrogens (tertiary/aromatic N) is 8. The van der Waals surface area contributed by atoms with Gasteiger partial charge >= 0.3 is 0 Å². The van der Waals surface area contributed by atoms with Crippen LogP contribution in [0.15, 0.2) is 110 Å². The van der Waals surface area contributed by atoms with Crippen LogP contribution >= 0.6 is 0 Å². The molecule has 0 unspecified atom stereocenters. The number of benzene rings is 2. The van der Waals surface area contributed by atoms with E-state index in [1.54, 1.807) is 47.6 Å². The van der Waals surface area contributed by atoms with Crippen LogP contribution in [0.2, 0.25) is 0 Å². The highest BCUT2D eigenvalue weighted by Gasteiger charge is 2.12. The summed E-state index contributed by atoms with van der Waals surface area (Å²) in [4.78, 5) is 26.5. The maximum Gasteiger partial charge on any atom is 0.165 e. The van der Waals surface area contributed by atoms with Gasteiger partial charge in [-0.3, -0.25) is 19.8 Å². The number of hydrogen-bond donors (Lipinski definition) is 2. The second-order valence-corrected chi connectivity index (χ2v) is 9.45. The van der Waals surface area contributed by atoms with Crippen molar-refractivity contribution in [3.63, 3.8) is 0 Å². The molecule has 0 atom stereocenters. The predicted octanol–water partition coefficient (Wildman–Crippen LogP) is 5.56. The van der Waals surface area contributed by atoms with Crippen LogP contribution in [0.4, 0.5) is 11.6 Å². The topological polar surface area (TPSA) is 141 Å². The minimum atomic E-state index is 0.272. The van der Waals surface area contributed by atoms with Crippen molar-refractivity contribution in [1.82, 2.24) is 34.3 Å². The Bertz CT molecular complexity index is 2200. The number of hydrogen-bond acceptors (Lipinski definition) is 9. The summed E-state index contributed by atoms with van der Waals surface area (Å²) in [7, 11) is 0. The lowest BCUT2D eigenvalue weighted by atomic mass is 10.0. The number of anilines is 2. The molecule has 0 bridgehead atoms. The van der Waals surface area contributed by atoms with Crippen LogP contribution in [0.3, 0.4) is 0 Å². The van der Waals surface area contributed by atoms with Gasteiger partial charge in [0.05, 0.1) is 29.0 Å². The molecule has 0 radical (unpaired) electrons. The number of nitrogens with one attached hydrogen (secondary N) is 2. The third kappa shape index (κ3) is 4.57. The number of pyridine rings is 2. The third-order valence-electron chi connectivity index (χ3n) is 6.82. The predicted molar refractivity (Wildman–Crippen MR) is 158 cm³/mol. The Morgan fingerprint density at radius 2 is 1.55 bits per heavy atom. The molecule has 10 heteroatoms. The Kier molecular flexibility index (Phi) is 6.07. The first-order chi connectivity index (χ1) is 20.7. The van der Waals surface area contributed by atoms with Crippen LogP contribution in [0.25, 0.3) is 50.2 Å². The molecule has 198 valence electrons. The van der Waals surface area contributed by atoms with E-state index < -0.39 is 0 Å². The van der Waals surface area contributed by atoms with Gasteiger partial charge < -0.3 is 5.32 Å². The minimum absolute atomic E-state index is 0.272. The van der Waals surface area contributed by atoms with Gasteiger partial charge in [-0.05, 0) is 29.3 Å². The van der Waals surface area contributed by atoms with E-state index in [2.05, 4.69) is 41.3 Å². The number of aromatic nitrogens is 7. The Morgan fingerprint density at radius 3 is 2.38 bits per heavy atom. The van der Waals surface area contributed by atoms with Crippen molar-refractivity contribution in [3.8, 4) is 39.6 Å². The summed E-state index contributed by atoms with van der Waals surface area (Å²) in [5, 5.41) is 22.4. The summed E-state index contributed by atoms with van der Waals surface area (Å²) in [6.07, 6.45) is 11.6. The zero-order chi connectivity index (χ0) is 28.5. The van der Waals surface area contributed by atoms with E-state index in [9.17, 15) is 5.26 Å². The van der Waals surface area contributed by atoms with Gasteiger partial charge in [0.2, 0.25) is 0 Å². The average Bonchev–Trinajstić information content (AvgIpc) is 3.06. The highest BCUT2D eigenvalue weighted by atomic mass is 15.1. The molecule has 0 aliphatic heterocycles. The van der Waals surface area contributed by atoms with E-state index in [0.717, 1.165) is 27.8 Å². The van der Waals surface area contributed by atoms with E-state index in [4.69, 9.17) is 5.41 Å². The number of nitriles is 1. The van der Waals surface area contributed by atoms with Crippen LogP contribution in [0, 0.1) is 16.7 Å². The first-order valence-corrected chi connectivity index (χ1v) is 13.0. The van der Waals surface area contributed by atoms with Gasteiger partial charge in [-0.25, -0.2) is 19.9 Å². The maximum absolute atomic E-state index is 9.78. The molecule has 2 aromatic carbocycles. The third-order valence-corrected chi connectivity index (χ3v) is 6.82. The fourth-order valence-corrected chi connectivity index (χ4v) is 4.72. The van der Waals surface area contributed by atoms with Gasteiger partial charge in [-0.2, -0.15) is 5.26 Å². The molecule has 0 amide bonds. The fourth-order valence-electron chi connectivity index (χ4n) is 4.72. The molecule has 2 N–H and O–H groups in total. The second kappa shape index (κ2) is 10.3. The van der Waals surface area contributed by atoms with Crippen LogP contribution < -0.4 is 10.8 Å². The van der Waals surface area contributed by atoms with Crippen LogP contribution in [0.5, 0.6) is 0 Å². The Hall–Kier alpha value is -6.34. The Labute approximate surface area is 239 Å². The van der Waals surface area contributed by atoms with Crippen LogP contribution in [-0.4, -0.2) is 34.3 Å². The molecule has 0 spiro atoms. The fraction of sp³-hybridized carbons (Fsp3) is 0. The second-order valence-electron chi connectivity index (χ2n) is 9.45. The summed E-state index contributed by atoms with van der Waals surface area (Å²) in [6, 6.07) is 23.7. The van der Waals surface area contributed by atoms with E-state index in [1.165, 1.54) is 0 Å². The van der Waals surface area contributed by atoms with Crippen molar-refractivity contribution < 1.29 is 0 Å². The van der Waals surface area contributed by atoms with Crippen LogP contribution in [0.1, 0.15) is 5.56 Å². The SMILES string of the molecule is N#Cc1cc(-c2cccc(-c3cn4c(=N)c5cc(-c6ccccc6)cnc5nc4cn3)c2)cnc1Nc1cnccn1. The zero-order valence-corrected chi connectivity index (χ0v) is 22.0. The summed E-state index contributed by atoms with van der Waals surface area (Å²) >= 11 is 0. The first-order valence-electron chi connectivity index (χ1n) is 13.0. The van der Waals surface area contributed by atoms with E-state index in [-0.39, 0.29) is 5.49 Å². The van der Waals surface area contributed by atoms with E-state index in [0.29, 0.717) is 39.6 Å². The molecule has 42 heavy (non-hydrogen) atoms. The molecular formula is C32H20N10. The normalized spacial score (nSPS) is 10.9. The molecular weight excluding hydrogens is 524 g/mol. The molecule has 0 fully saturated rings. The van der Waals surface area contributed by atoms with Crippen molar-refractivity contribution >= 4 is 28.3 Å². The van der Waals surface area contributed by atoms with Gasteiger partial charge in [-0.1, -0.05) is 48.5 Å². The first kappa shape index (κ1) is 24.7. The van der Waals surface area contributed by atoms with Crippen molar-refractivity contribution in [2.75, 3.05) is 5.32 Å². The Balaban J connectivity index is 1.26. The van der Waals surface area contributed by atoms with Crippen molar-refractivity contribution in [2.24, 2.45) is 0 Å². The molecule has 7 rings (SSSR count). The Morgan fingerprint density at radius 1 is 0.738 bits per heavy atom. The summed E-state index contributed by atoms with van der Waals surface area (Å²) in [5.74, 6) is 0.900. The molecule has 5 heterocycles. The maximum atomic E-state index is 9.78. The molecule has 0 aliphatic carbocycles. The van der Waals surface area contributed by atoms with Crippen molar-refractivity contribution in [3.05, 3.63) is 121 Å². The summed E-state index contributed by atoms with van der Waals surface area (Å²) in [6.45, 7) is 0. The zero-order valence-electron chi connectivity index (χ0n) is 22.0. The minimum Gasteiger partial charge on any atom is -0.323 e. The van der Waals surface area contributed by atoms with Crippen molar-refractivity contribution in [1.29, 1.82) is 10.7 Å². The highest BCUT2D eigenvalue weighted by Crippen LogP contribution is 2.28. The monoisotopic (exact) mass is 544 g/mol. The average molecular weight is 545 g/mol. The molecule has 7 aromatic rings. The summed E-state index contributed by atoms with van der Waals surface area (Å²) < 4.78 is 1.72. The van der Waals surface area contributed by atoms with Crippen molar-refractivity contribution in [2.45, 2.75) is 0 Å². The molecule has 5 aromatic heterocycles. The van der Waals surface area contributed by atoms with Gasteiger partial charge in [0.25, 0.3) is 0 Å². The van der Waals surface area contributed by atoms with Gasteiger partial charge in [0, 0.05) is 47.7 Å².